The Hall–Kier alpha value is -2.01. The molecule has 112 valence electrons. The summed E-state index contributed by atoms with van der Waals surface area (Å²) in [6, 6.07) is 6.92. The zero-order valence-electron chi connectivity index (χ0n) is 12.0. The summed E-state index contributed by atoms with van der Waals surface area (Å²) in [6.07, 6.45) is 4.09. The van der Waals surface area contributed by atoms with Gasteiger partial charge in [0.25, 0.3) is 5.91 Å². The number of rotatable bonds is 6. The number of hydrogen-bond acceptors (Lipinski definition) is 3. The van der Waals surface area contributed by atoms with Gasteiger partial charge in [-0.15, -0.1) is 0 Å². The molecule has 21 heavy (non-hydrogen) atoms. The summed E-state index contributed by atoms with van der Waals surface area (Å²) in [5.74, 6) is 1.27. The van der Waals surface area contributed by atoms with Gasteiger partial charge in [-0.2, -0.15) is 0 Å². The highest BCUT2D eigenvalue weighted by Crippen LogP contribution is 2.20. The van der Waals surface area contributed by atoms with E-state index in [-0.39, 0.29) is 5.91 Å². The molecule has 0 aliphatic carbocycles. The van der Waals surface area contributed by atoms with Crippen LogP contribution < -0.4 is 10.1 Å². The van der Waals surface area contributed by atoms with Crippen molar-refractivity contribution < 1.29 is 9.53 Å². The molecule has 6 heteroatoms. The lowest BCUT2D eigenvalue weighted by atomic mass is 10.1. The largest absolute Gasteiger partial charge is 0.478 e. The minimum Gasteiger partial charge on any atom is -0.478 e. The van der Waals surface area contributed by atoms with Crippen LogP contribution in [0.25, 0.3) is 0 Å². The van der Waals surface area contributed by atoms with Crippen LogP contribution in [0.4, 0.5) is 0 Å². The van der Waals surface area contributed by atoms with Gasteiger partial charge in [-0.3, -0.25) is 4.79 Å². The molecule has 0 unspecified atom stereocenters. The maximum atomic E-state index is 12.2. The fourth-order valence-corrected chi connectivity index (χ4v) is 1.91. The van der Waals surface area contributed by atoms with Crippen molar-refractivity contribution in [3.05, 3.63) is 47.5 Å². The lowest BCUT2D eigenvalue weighted by Crippen LogP contribution is -2.47. The quantitative estimate of drug-likeness (QED) is 0.862. The van der Waals surface area contributed by atoms with Gasteiger partial charge < -0.3 is 15.0 Å². The number of benzene rings is 1. The van der Waals surface area contributed by atoms with Crippen LogP contribution in [0.1, 0.15) is 19.7 Å². The Morgan fingerprint density at radius 2 is 2.10 bits per heavy atom. The summed E-state index contributed by atoms with van der Waals surface area (Å²) < 4.78 is 5.71. The van der Waals surface area contributed by atoms with Crippen molar-refractivity contribution in [2.75, 3.05) is 6.54 Å². The minimum atomic E-state index is -0.961. The van der Waals surface area contributed by atoms with Gasteiger partial charge in [-0.1, -0.05) is 11.6 Å². The number of nitrogens with zero attached hydrogens (tertiary/aromatic N) is 1. The van der Waals surface area contributed by atoms with Crippen molar-refractivity contribution in [2.45, 2.75) is 25.9 Å². The second-order valence-electron chi connectivity index (χ2n) is 5.11. The molecule has 5 nitrogen and oxygen atoms in total. The van der Waals surface area contributed by atoms with E-state index >= 15 is 0 Å². The van der Waals surface area contributed by atoms with Crippen molar-refractivity contribution in [1.29, 1.82) is 0 Å². The van der Waals surface area contributed by atoms with Gasteiger partial charge in [0.2, 0.25) is 0 Å². The Balaban J connectivity index is 1.85. The summed E-state index contributed by atoms with van der Waals surface area (Å²) >= 11 is 5.82. The topological polar surface area (TPSA) is 67.0 Å². The number of halogens is 1. The highest BCUT2D eigenvalue weighted by Gasteiger charge is 2.29. The Morgan fingerprint density at radius 3 is 2.71 bits per heavy atom. The fraction of sp³-hybridized carbons (Fsp3) is 0.333. The standard InChI is InChI=1S/C15H18ClN3O2/c1-15(2,21-12-5-3-11(16)4-6-12)14(20)19-8-7-13-17-9-10-18-13/h3-6,9-10H,7-8H2,1-2H3,(H,17,18)(H,19,20). The van der Waals surface area contributed by atoms with Crippen LogP contribution in [0.5, 0.6) is 5.75 Å². The van der Waals surface area contributed by atoms with Gasteiger partial charge in [-0.05, 0) is 38.1 Å². The summed E-state index contributed by atoms with van der Waals surface area (Å²) in [5, 5.41) is 3.47. The first-order valence-corrected chi connectivity index (χ1v) is 7.06. The smallest absolute Gasteiger partial charge is 0.263 e. The number of H-pyrrole nitrogens is 1. The van der Waals surface area contributed by atoms with E-state index in [1.807, 2.05) is 0 Å². The monoisotopic (exact) mass is 307 g/mol. The van der Waals surface area contributed by atoms with E-state index in [9.17, 15) is 4.79 Å². The summed E-state index contributed by atoms with van der Waals surface area (Å²) in [5.41, 5.74) is -0.961. The number of imidazole rings is 1. The molecule has 1 amide bonds. The van der Waals surface area contributed by atoms with E-state index in [1.165, 1.54) is 0 Å². The van der Waals surface area contributed by atoms with Gasteiger partial charge in [0.15, 0.2) is 5.60 Å². The third-order valence-corrected chi connectivity index (χ3v) is 3.19. The number of aromatic amines is 1. The molecule has 0 aliphatic heterocycles. The average Bonchev–Trinajstić information content (AvgIpc) is 2.94. The van der Waals surface area contributed by atoms with Gasteiger partial charge >= 0.3 is 0 Å². The van der Waals surface area contributed by atoms with Gasteiger partial charge in [0.1, 0.15) is 11.6 Å². The molecule has 0 atom stereocenters. The van der Waals surface area contributed by atoms with Crippen LogP contribution in [-0.2, 0) is 11.2 Å². The lowest BCUT2D eigenvalue weighted by Gasteiger charge is -2.25. The van der Waals surface area contributed by atoms with E-state index in [0.717, 1.165) is 5.82 Å². The van der Waals surface area contributed by atoms with Crippen molar-refractivity contribution in [3.63, 3.8) is 0 Å². The third kappa shape index (κ3) is 4.49. The first-order chi connectivity index (χ1) is 9.97. The molecule has 0 spiro atoms. The summed E-state index contributed by atoms with van der Waals surface area (Å²) in [4.78, 5) is 19.3. The molecule has 2 N–H and O–H groups in total. The predicted molar refractivity (Wildman–Crippen MR) is 81.5 cm³/mol. The van der Waals surface area contributed by atoms with E-state index in [1.54, 1.807) is 50.5 Å². The number of ether oxygens (including phenoxy) is 1. The van der Waals surface area contributed by atoms with E-state index in [2.05, 4.69) is 15.3 Å². The fourth-order valence-electron chi connectivity index (χ4n) is 1.79. The molecular formula is C15H18ClN3O2. The molecule has 2 rings (SSSR count). The SMILES string of the molecule is CC(C)(Oc1ccc(Cl)cc1)C(=O)NCCc1ncc[nH]1. The second kappa shape index (κ2) is 6.63. The van der Waals surface area contributed by atoms with Gasteiger partial charge in [0.05, 0.1) is 0 Å². The minimum absolute atomic E-state index is 0.177. The highest BCUT2D eigenvalue weighted by molar-refractivity contribution is 6.30. The van der Waals surface area contributed by atoms with E-state index in [4.69, 9.17) is 16.3 Å². The van der Waals surface area contributed by atoms with E-state index in [0.29, 0.717) is 23.7 Å². The maximum absolute atomic E-state index is 12.2. The Labute approximate surface area is 128 Å². The Kier molecular flexibility index (Phi) is 4.85. The number of nitrogens with one attached hydrogen (secondary N) is 2. The number of carbonyl (C=O) groups is 1. The van der Waals surface area contributed by atoms with Crippen molar-refractivity contribution in [3.8, 4) is 5.75 Å². The number of amides is 1. The predicted octanol–water partition coefficient (Wildman–Crippen LogP) is 2.58. The molecule has 1 aromatic carbocycles. The number of aromatic nitrogens is 2. The van der Waals surface area contributed by atoms with E-state index < -0.39 is 5.60 Å². The zero-order valence-corrected chi connectivity index (χ0v) is 12.8. The molecule has 0 bridgehead atoms. The first kappa shape index (κ1) is 15.4. The summed E-state index contributed by atoms with van der Waals surface area (Å²) in [7, 11) is 0. The van der Waals surface area contributed by atoms with Gasteiger partial charge in [0, 0.05) is 30.4 Å². The molecule has 1 aromatic heterocycles. The molecule has 2 aromatic rings. The van der Waals surface area contributed by atoms with Crippen LogP contribution in [0.15, 0.2) is 36.7 Å². The van der Waals surface area contributed by atoms with Crippen LogP contribution in [0, 0.1) is 0 Å². The van der Waals surface area contributed by atoms with Crippen LogP contribution in [0.2, 0.25) is 5.02 Å². The van der Waals surface area contributed by atoms with Gasteiger partial charge in [-0.25, -0.2) is 4.98 Å². The molecule has 0 saturated heterocycles. The molecule has 1 heterocycles. The molecule has 0 fully saturated rings. The molecule has 0 radical (unpaired) electrons. The second-order valence-corrected chi connectivity index (χ2v) is 5.54. The van der Waals surface area contributed by atoms with Crippen LogP contribution in [0.3, 0.4) is 0 Å². The molecule has 0 saturated carbocycles. The Bertz CT molecular complexity index is 579. The normalized spacial score (nSPS) is 11.2. The van der Waals surface area contributed by atoms with Crippen molar-refractivity contribution in [2.24, 2.45) is 0 Å². The van der Waals surface area contributed by atoms with Crippen LogP contribution in [-0.4, -0.2) is 28.0 Å². The van der Waals surface area contributed by atoms with Crippen molar-refractivity contribution in [1.82, 2.24) is 15.3 Å². The number of hydrogen-bond donors (Lipinski definition) is 2. The number of carbonyl (C=O) groups excluding carboxylic acids is 1. The Morgan fingerprint density at radius 1 is 1.38 bits per heavy atom. The maximum Gasteiger partial charge on any atom is 0.263 e. The van der Waals surface area contributed by atoms with Crippen molar-refractivity contribution >= 4 is 17.5 Å². The molecule has 0 aliphatic rings. The highest BCUT2D eigenvalue weighted by atomic mass is 35.5. The zero-order chi connectivity index (χ0) is 15.3. The summed E-state index contributed by atoms with van der Waals surface area (Å²) in [6.45, 7) is 3.95. The molecular weight excluding hydrogens is 290 g/mol. The first-order valence-electron chi connectivity index (χ1n) is 6.68. The average molecular weight is 308 g/mol. The third-order valence-electron chi connectivity index (χ3n) is 2.94. The van der Waals surface area contributed by atoms with Crippen LogP contribution >= 0.6 is 11.6 Å². The lowest BCUT2D eigenvalue weighted by molar-refractivity contribution is -0.134.